The Balaban J connectivity index is 2.16. The first-order valence-electron chi connectivity index (χ1n) is 6.86. The van der Waals surface area contributed by atoms with Crippen LogP contribution >= 0.6 is 0 Å². The van der Waals surface area contributed by atoms with E-state index < -0.39 is 5.97 Å². The highest BCUT2D eigenvalue weighted by Gasteiger charge is 2.11. The normalized spacial score (nSPS) is 10.4. The van der Waals surface area contributed by atoms with Gasteiger partial charge in [-0.2, -0.15) is 0 Å². The molecule has 108 valence electrons. The van der Waals surface area contributed by atoms with E-state index >= 15 is 0 Å². The first-order valence-corrected chi connectivity index (χ1v) is 6.86. The van der Waals surface area contributed by atoms with Crippen LogP contribution in [-0.4, -0.2) is 21.0 Å². The van der Waals surface area contributed by atoms with Gasteiger partial charge in [0.25, 0.3) is 0 Å². The second kappa shape index (κ2) is 5.77. The van der Waals surface area contributed by atoms with Crippen molar-refractivity contribution in [2.45, 2.75) is 6.92 Å². The summed E-state index contributed by atoms with van der Waals surface area (Å²) in [6, 6.07) is 14.9. The molecular weight excluding hydrogens is 276 g/mol. The van der Waals surface area contributed by atoms with Gasteiger partial charge in [0.2, 0.25) is 0 Å². The smallest absolute Gasteiger partial charge is 0.335 e. The molecular formula is C18H14N2O2. The number of carbonyl (C=O) groups is 1. The zero-order valence-electron chi connectivity index (χ0n) is 12.0. The molecule has 0 saturated carbocycles. The van der Waals surface area contributed by atoms with Crippen molar-refractivity contribution in [1.29, 1.82) is 0 Å². The van der Waals surface area contributed by atoms with Crippen molar-refractivity contribution in [2.75, 3.05) is 0 Å². The topological polar surface area (TPSA) is 63.1 Å². The summed E-state index contributed by atoms with van der Waals surface area (Å²) in [5.41, 5.74) is 3.87. The molecule has 0 aliphatic rings. The molecule has 0 amide bonds. The Labute approximate surface area is 128 Å². The van der Waals surface area contributed by atoms with Crippen molar-refractivity contribution in [3.8, 4) is 22.5 Å². The van der Waals surface area contributed by atoms with Gasteiger partial charge in [-0.05, 0) is 42.3 Å². The molecule has 3 aromatic rings. The lowest BCUT2D eigenvalue weighted by Gasteiger charge is -2.08. The monoisotopic (exact) mass is 290 g/mol. The molecule has 0 radical (unpaired) electrons. The van der Waals surface area contributed by atoms with Crippen LogP contribution < -0.4 is 0 Å². The Morgan fingerprint density at radius 3 is 2.18 bits per heavy atom. The summed E-state index contributed by atoms with van der Waals surface area (Å²) in [6.07, 6.45) is 3.28. The second-order valence-electron chi connectivity index (χ2n) is 5.04. The predicted octanol–water partition coefficient (Wildman–Crippen LogP) is 3.82. The molecule has 1 heterocycles. The molecule has 0 spiro atoms. The number of aryl methyl sites for hydroxylation is 1. The summed E-state index contributed by atoms with van der Waals surface area (Å²) >= 11 is 0. The van der Waals surface area contributed by atoms with Crippen molar-refractivity contribution in [3.63, 3.8) is 0 Å². The molecule has 3 rings (SSSR count). The fourth-order valence-electron chi connectivity index (χ4n) is 2.24. The van der Waals surface area contributed by atoms with E-state index in [4.69, 9.17) is 0 Å². The van der Waals surface area contributed by atoms with Crippen LogP contribution in [0.4, 0.5) is 0 Å². The van der Waals surface area contributed by atoms with E-state index in [1.807, 2.05) is 37.3 Å². The van der Waals surface area contributed by atoms with Crippen molar-refractivity contribution in [2.24, 2.45) is 0 Å². The number of aromatic carboxylic acids is 1. The van der Waals surface area contributed by atoms with Crippen LogP contribution in [0.5, 0.6) is 0 Å². The molecule has 2 aromatic carbocycles. The van der Waals surface area contributed by atoms with Crippen molar-refractivity contribution in [1.82, 2.24) is 9.97 Å². The average molecular weight is 290 g/mol. The standard InChI is InChI=1S/C18H14N2O2/c1-12-3-5-13(6-4-12)14-9-15(11-16(10-14)18(21)22)17-19-7-2-8-20-17/h2-11H,1H3,(H,21,22). The number of aromatic nitrogens is 2. The molecule has 22 heavy (non-hydrogen) atoms. The summed E-state index contributed by atoms with van der Waals surface area (Å²) < 4.78 is 0. The molecule has 1 N–H and O–H groups in total. The molecule has 0 saturated heterocycles. The Morgan fingerprint density at radius 1 is 0.909 bits per heavy atom. The maximum atomic E-state index is 11.4. The first kappa shape index (κ1) is 13.9. The average Bonchev–Trinajstić information content (AvgIpc) is 2.56. The van der Waals surface area contributed by atoms with Gasteiger partial charge >= 0.3 is 5.97 Å². The molecule has 0 aliphatic heterocycles. The van der Waals surface area contributed by atoms with Crippen LogP contribution in [0.25, 0.3) is 22.5 Å². The van der Waals surface area contributed by atoms with Crippen LogP contribution in [0, 0.1) is 6.92 Å². The van der Waals surface area contributed by atoms with E-state index in [-0.39, 0.29) is 5.56 Å². The summed E-state index contributed by atoms with van der Waals surface area (Å²) in [5.74, 6) is -0.454. The van der Waals surface area contributed by atoms with Crippen LogP contribution in [0.1, 0.15) is 15.9 Å². The van der Waals surface area contributed by atoms with Gasteiger partial charge in [-0.25, -0.2) is 14.8 Å². The predicted molar refractivity (Wildman–Crippen MR) is 84.6 cm³/mol. The van der Waals surface area contributed by atoms with E-state index in [0.717, 1.165) is 16.7 Å². The summed E-state index contributed by atoms with van der Waals surface area (Å²) in [4.78, 5) is 19.8. The number of rotatable bonds is 3. The molecule has 0 fully saturated rings. The fourth-order valence-corrected chi connectivity index (χ4v) is 2.24. The molecule has 0 unspecified atom stereocenters. The second-order valence-corrected chi connectivity index (χ2v) is 5.04. The number of carboxylic acid groups (broad SMARTS) is 1. The minimum absolute atomic E-state index is 0.223. The molecule has 4 heteroatoms. The molecule has 0 atom stereocenters. The van der Waals surface area contributed by atoms with Gasteiger partial charge in [0.1, 0.15) is 0 Å². The third-order valence-corrected chi connectivity index (χ3v) is 3.39. The van der Waals surface area contributed by atoms with Crippen molar-refractivity contribution in [3.05, 3.63) is 72.1 Å². The van der Waals surface area contributed by atoms with E-state index in [2.05, 4.69) is 9.97 Å². The lowest BCUT2D eigenvalue weighted by Crippen LogP contribution is -1.98. The number of hydrogen-bond donors (Lipinski definition) is 1. The maximum Gasteiger partial charge on any atom is 0.335 e. The van der Waals surface area contributed by atoms with Crippen LogP contribution in [0.2, 0.25) is 0 Å². The summed E-state index contributed by atoms with van der Waals surface area (Å²) in [6.45, 7) is 2.01. The van der Waals surface area contributed by atoms with Gasteiger partial charge in [0, 0.05) is 18.0 Å². The minimum atomic E-state index is -0.967. The van der Waals surface area contributed by atoms with E-state index in [1.165, 1.54) is 0 Å². The molecule has 0 aliphatic carbocycles. The Morgan fingerprint density at radius 2 is 1.55 bits per heavy atom. The Kier molecular flexibility index (Phi) is 3.66. The van der Waals surface area contributed by atoms with E-state index in [9.17, 15) is 9.90 Å². The Bertz CT molecular complexity index is 812. The minimum Gasteiger partial charge on any atom is -0.478 e. The number of carboxylic acids is 1. The number of hydrogen-bond acceptors (Lipinski definition) is 3. The third kappa shape index (κ3) is 2.86. The van der Waals surface area contributed by atoms with Crippen LogP contribution in [0.3, 0.4) is 0 Å². The largest absolute Gasteiger partial charge is 0.478 e. The van der Waals surface area contributed by atoms with Gasteiger partial charge in [0.15, 0.2) is 5.82 Å². The highest BCUT2D eigenvalue weighted by Crippen LogP contribution is 2.27. The van der Waals surface area contributed by atoms with Crippen LogP contribution in [-0.2, 0) is 0 Å². The quantitative estimate of drug-likeness (QED) is 0.796. The molecule has 4 nitrogen and oxygen atoms in total. The van der Waals surface area contributed by atoms with Gasteiger partial charge in [-0.15, -0.1) is 0 Å². The third-order valence-electron chi connectivity index (χ3n) is 3.39. The van der Waals surface area contributed by atoms with Crippen molar-refractivity contribution >= 4 is 5.97 Å². The summed E-state index contributed by atoms with van der Waals surface area (Å²) in [5, 5.41) is 9.33. The lowest BCUT2D eigenvalue weighted by molar-refractivity contribution is 0.0697. The van der Waals surface area contributed by atoms with Gasteiger partial charge in [0.05, 0.1) is 5.56 Å². The number of benzene rings is 2. The molecule has 1 aromatic heterocycles. The van der Waals surface area contributed by atoms with Crippen molar-refractivity contribution < 1.29 is 9.90 Å². The van der Waals surface area contributed by atoms with Crippen LogP contribution in [0.15, 0.2) is 60.9 Å². The zero-order chi connectivity index (χ0) is 15.5. The van der Waals surface area contributed by atoms with Gasteiger partial charge < -0.3 is 5.11 Å². The van der Waals surface area contributed by atoms with E-state index in [0.29, 0.717) is 11.4 Å². The van der Waals surface area contributed by atoms with E-state index in [1.54, 1.807) is 30.6 Å². The summed E-state index contributed by atoms with van der Waals surface area (Å²) in [7, 11) is 0. The number of nitrogens with zero attached hydrogens (tertiary/aromatic N) is 2. The Hall–Kier alpha value is -3.01. The first-order chi connectivity index (χ1) is 10.6. The highest BCUT2D eigenvalue weighted by molar-refractivity contribution is 5.91. The zero-order valence-corrected chi connectivity index (χ0v) is 12.0. The maximum absolute atomic E-state index is 11.4. The molecule has 0 bridgehead atoms. The SMILES string of the molecule is Cc1ccc(-c2cc(C(=O)O)cc(-c3ncccn3)c2)cc1. The van der Waals surface area contributed by atoms with Gasteiger partial charge in [-0.3, -0.25) is 0 Å². The fraction of sp³-hybridized carbons (Fsp3) is 0.0556. The lowest BCUT2D eigenvalue weighted by atomic mass is 9.98. The highest BCUT2D eigenvalue weighted by atomic mass is 16.4. The van der Waals surface area contributed by atoms with Gasteiger partial charge in [-0.1, -0.05) is 29.8 Å².